The maximum atomic E-state index is 12.6. The summed E-state index contributed by atoms with van der Waals surface area (Å²) in [7, 11) is 0. The number of hydrogen-bond donors (Lipinski definition) is 3. The van der Waals surface area contributed by atoms with E-state index in [9.17, 15) is 9.59 Å². The molecule has 2 aromatic rings. The molecule has 2 aliphatic rings. The number of amides is 2. The van der Waals surface area contributed by atoms with Crippen LogP contribution < -0.4 is 20.7 Å². The minimum Gasteiger partial charge on any atom is -0.481 e. The number of thiazole rings is 1. The first-order valence-electron chi connectivity index (χ1n) is 8.24. The molecule has 1 fully saturated rings. The number of para-hydroxylation sites is 1. The van der Waals surface area contributed by atoms with Crippen LogP contribution >= 0.6 is 11.3 Å². The maximum absolute atomic E-state index is 12.6. The van der Waals surface area contributed by atoms with Crippen LogP contribution in [0.15, 0.2) is 24.4 Å². The highest BCUT2D eigenvalue weighted by atomic mass is 32.1. The first-order chi connectivity index (χ1) is 12.2. The van der Waals surface area contributed by atoms with Gasteiger partial charge in [0.2, 0.25) is 0 Å². The zero-order valence-corrected chi connectivity index (χ0v) is 14.3. The molecule has 8 heteroatoms. The molecule has 1 aromatic carbocycles. The van der Waals surface area contributed by atoms with Gasteiger partial charge in [0.05, 0.1) is 11.3 Å². The molecule has 7 nitrogen and oxygen atoms in total. The van der Waals surface area contributed by atoms with Crippen molar-refractivity contribution in [3.05, 3.63) is 34.8 Å². The van der Waals surface area contributed by atoms with Crippen molar-refractivity contribution in [2.45, 2.75) is 18.8 Å². The summed E-state index contributed by atoms with van der Waals surface area (Å²) in [6.07, 6.45) is 4.04. The third-order valence-electron chi connectivity index (χ3n) is 4.37. The fourth-order valence-electron chi connectivity index (χ4n) is 3.10. The van der Waals surface area contributed by atoms with E-state index in [-0.39, 0.29) is 18.4 Å². The van der Waals surface area contributed by atoms with Crippen LogP contribution in [0.25, 0.3) is 0 Å². The lowest BCUT2D eigenvalue weighted by Gasteiger charge is -2.20. The third-order valence-corrected chi connectivity index (χ3v) is 5.44. The molecule has 4 rings (SSSR count). The van der Waals surface area contributed by atoms with Gasteiger partial charge in [0.25, 0.3) is 11.8 Å². The van der Waals surface area contributed by atoms with E-state index < -0.39 is 0 Å². The van der Waals surface area contributed by atoms with Gasteiger partial charge in [-0.25, -0.2) is 4.98 Å². The van der Waals surface area contributed by atoms with Gasteiger partial charge in [-0.15, -0.1) is 11.3 Å². The van der Waals surface area contributed by atoms with Crippen LogP contribution in [-0.2, 0) is 4.79 Å². The van der Waals surface area contributed by atoms with Crippen molar-refractivity contribution in [1.82, 2.24) is 10.3 Å². The van der Waals surface area contributed by atoms with Crippen molar-refractivity contribution < 1.29 is 14.3 Å². The van der Waals surface area contributed by atoms with Gasteiger partial charge in [-0.05, 0) is 44.0 Å². The van der Waals surface area contributed by atoms with Crippen LogP contribution in [0.5, 0.6) is 5.75 Å². The second-order valence-electron chi connectivity index (χ2n) is 6.07. The van der Waals surface area contributed by atoms with Crippen molar-refractivity contribution in [2.75, 3.05) is 30.3 Å². The normalized spacial score (nSPS) is 17.4. The zero-order valence-electron chi connectivity index (χ0n) is 13.5. The fraction of sp³-hybridized carbons (Fsp3) is 0.353. The van der Waals surface area contributed by atoms with E-state index in [0.717, 1.165) is 25.9 Å². The molecular weight excluding hydrogens is 340 g/mol. The number of hydrogen-bond acceptors (Lipinski definition) is 6. The minimum absolute atomic E-state index is 0.0889. The Labute approximate surface area is 148 Å². The van der Waals surface area contributed by atoms with E-state index in [2.05, 4.69) is 20.9 Å². The summed E-state index contributed by atoms with van der Waals surface area (Å²) in [6, 6.07) is 5.10. The lowest BCUT2D eigenvalue weighted by atomic mass is 9.97. The van der Waals surface area contributed by atoms with E-state index in [4.69, 9.17) is 4.74 Å². The number of fused-ring (bicyclic) bond motifs is 1. The average Bonchev–Trinajstić information content (AvgIpc) is 3.10. The number of carbonyl (C=O) groups is 2. The Morgan fingerprint density at radius 1 is 1.32 bits per heavy atom. The molecular formula is C17H18N4O3S. The van der Waals surface area contributed by atoms with E-state index in [1.54, 1.807) is 18.2 Å². The third kappa shape index (κ3) is 3.35. The molecule has 0 radical (unpaired) electrons. The van der Waals surface area contributed by atoms with Gasteiger partial charge in [0.15, 0.2) is 17.5 Å². The highest BCUT2D eigenvalue weighted by Crippen LogP contribution is 2.34. The van der Waals surface area contributed by atoms with E-state index >= 15 is 0 Å². The molecule has 3 heterocycles. The second kappa shape index (κ2) is 6.81. The number of benzene rings is 1. The summed E-state index contributed by atoms with van der Waals surface area (Å²) in [4.78, 5) is 29.5. The number of ether oxygens (including phenoxy) is 1. The van der Waals surface area contributed by atoms with E-state index in [1.807, 2.05) is 6.20 Å². The zero-order chi connectivity index (χ0) is 17.2. The van der Waals surface area contributed by atoms with Crippen LogP contribution in [0.2, 0.25) is 0 Å². The first kappa shape index (κ1) is 16.0. The topological polar surface area (TPSA) is 92.4 Å². The minimum atomic E-state index is -0.292. The van der Waals surface area contributed by atoms with Gasteiger partial charge in [-0.1, -0.05) is 6.07 Å². The molecule has 1 saturated heterocycles. The molecule has 2 amide bonds. The molecule has 0 aliphatic carbocycles. The van der Waals surface area contributed by atoms with Gasteiger partial charge in [-0.3, -0.25) is 14.9 Å². The lowest BCUT2D eigenvalue weighted by Crippen LogP contribution is -2.27. The highest BCUT2D eigenvalue weighted by Gasteiger charge is 2.23. The summed E-state index contributed by atoms with van der Waals surface area (Å²) in [5.41, 5.74) is 0.898. The Hall–Kier alpha value is -2.45. The highest BCUT2D eigenvalue weighted by molar-refractivity contribution is 7.15. The van der Waals surface area contributed by atoms with Crippen LogP contribution in [0.1, 0.15) is 34.0 Å². The smallest absolute Gasteiger partial charge is 0.262 e. The molecule has 0 atom stereocenters. The molecule has 0 saturated carbocycles. The number of piperidine rings is 1. The fourth-order valence-corrected chi connectivity index (χ4v) is 4.08. The number of nitrogens with one attached hydrogen (secondary N) is 3. The van der Waals surface area contributed by atoms with Crippen LogP contribution in [-0.4, -0.2) is 36.5 Å². The Morgan fingerprint density at radius 3 is 3.00 bits per heavy atom. The second-order valence-corrected chi connectivity index (χ2v) is 7.13. The standard InChI is InChI=1S/C17H18N4O3S/c22-14-9-24-15-11(2-1-3-12(15)20-14)16(23)21-17-19-8-13(25-17)10-4-6-18-7-5-10/h1-3,8,10,18H,4-7,9H2,(H,20,22)(H,19,21,23). The SMILES string of the molecule is O=C1COc2c(cccc2C(=O)Nc2ncc(C3CCNCC3)s2)N1. The largest absolute Gasteiger partial charge is 0.481 e. The molecule has 0 bridgehead atoms. The summed E-state index contributed by atoms with van der Waals surface area (Å²) in [5, 5.41) is 9.47. The Kier molecular flexibility index (Phi) is 4.37. The Bertz CT molecular complexity index is 814. The van der Waals surface area contributed by atoms with Crippen LogP contribution in [0.4, 0.5) is 10.8 Å². The van der Waals surface area contributed by atoms with Gasteiger partial charge >= 0.3 is 0 Å². The molecule has 2 aliphatic heterocycles. The molecule has 0 spiro atoms. The van der Waals surface area contributed by atoms with Crippen LogP contribution in [0.3, 0.4) is 0 Å². The maximum Gasteiger partial charge on any atom is 0.262 e. The Balaban J connectivity index is 1.50. The van der Waals surface area contributed by atoms with Gasteiger partial charge in [0, 0.05) is 11.1 Å². The molecule has 130 valence electrons. The van der Waals surface area contributed by atoms with Gasteiger partial charge in [0.1, 0.15) is 0 Å². The first-order valence-corrected chi connectivity index (χ1v) is 9.06. The van der Waals surface area contributed by atoms with E-state index in [0.29, 0.717) is 28.0 Å². The van der Waals surface area contributed by atoms with Gasteiger partial charge in [-0.2, -0.15) is 0 Å². The molecule has 1 aromatic heterocycles. The Morgan fingerprint density at radius 2 is 2.16 bits per heavy atom. The average molecular weight is 358 g/mol. The lowest BCUT2D eigenvalue weighted by molar-refractivity contribution is -0.118. The van der Waals surface area contributed by atoms with Crippen molar-refractivity contribution in [3.63, 3.8) is 0 Å². The predicted molar refractivity (Wildman–Crippen MR) is 95.5 cm³/mol. The van der Waals surface area contributed by atoms with E-state index in [1.165, 1.54) is 16.2 Å². The quantitative estimate of drug-likeness (QED) is 0.782. The summed E-state index contributed by atoms with van der Waals surface area (Å²) in [5.74, 6) is 0.387. The summed E-state index contributed by atoms with van der Waals surface area (Å²) >= 11 is 1.52. The van der Waals surface area contributed by atoms with Crippen molar-refractivity contribution in [2.24, 2.45) is 0 Å². The number of nitrogens with zero attached hydrogens (tertiary/aromatic N) is 1. The number of carbonyl (C=O) groups excluding carboxylic acids is 2. The summed E-state index contributed by atoms with van der Waals surface area (Å²) < 4.78 is 5.43. The molecule has 0 unspecified atom stereocenters. The monoisotopic (exact) mass is 358 g/mol. The number of anilines is 2. The summed E-state index contributed by atoms with van der Waals surface area (Å²) in [6.45, 7) is 1.95. The number of aromatic nitrogens is 1. The molecule has 25 heavy (non-hydrogen) atoms. The predicted octanol–water partition coefficient (Wildman–Crippen LogP) is 2.19. The van der Waals surface area contributed by atoms with Crippen molar-refractivity contribution >= 4 is 34.0 Å². The van der Waals surface area contributed by atoms with Gasteiger partial charge < -0.3 is 15.4 Å². The molecule has 3 N–H and O–H groups in total. The van der Waals surface area contributed by atoms with Crippen molar-refractivity contribution in [3.8, 4) is 5.75 Å². The number of rotatable bonds is 3. The van der Waals surface area contributed by atoms with Crippen molar-refractivity contribution in [1.29, 1.82) is 0 Å². The van der Waals surface area contributed by atoms with Crippen LogP contribution in [0, 0.1) is 0 Å².